The number of unbranched alkanes of at least 4 members (excludes halogenated alkanes) is 1. The molecule has 0 radical (unpaired) electrons. The maximum atomic E-state index is 14.7. The summed E-state index contributed by atoms with van der Waals surface area (Å²) in [6, 6.07) is 14.7. The van der Waals surface area contributed by atoms with Crippen molar-refractivity contribution in [1.82, 2.24) is 10.2 Å². The summed E-state index contributed by atoms with van der Waals surface area (Å²) in [5.41, 5.74) is 0.0641. The lowest BCUT2D eigenvalue weighted by Gasteiger charge is -2.37. The standard InChI is InChI=1S/C38H47N3O8/c1-5-7-15-30(43)39-25(3)33(26-13-9-8-10-14-26)48-37(46)31-29-20-21-38(49-29)32(31)35(44)41(23-11-12-24-42)34(38)36(45)40(22-6-2)27-16-18-28(47-4)19-17-27/h5-6,8-10,13-14,16-19,25,29,31-34,42H,1-2,7,11-12,15,20-24H2,3-4H3,(H,39,43)/t25-,29-,31+,32+,33-,34-,38+/m0/s1. The Morgan fingerprint density at radius 3 is 2.51 bits per heavy atom. The maximum absolute atomic E-state index is 14.7. The van der Waals surface area contributed by atoms with Gasteiger partial charge in [0.15, 0.2) is 0 Å². The Morgan fingerprint density at radius 1 is 1.12 bits per heavy atom. The zero-order valence-corrected chi connectivity index (χ0v) is 28.3. The van der Waals surface area contributed by atoms with Crippen LogP contribution in [0, 0.1) is 11.8 Å². The molecule has 5 rings (SSSR count). The Kier molecular flexibility index (Phi) is 11.6. The Labute approximate surface area is 287 Å². The van der Waals surface area contributed by atoms with Crippen molar-refractivity contribution >= 4 is 29.4 Å². The van der Waals surface area contributed by atoms with Crippen LogP contribution in [0.3, 0.4) is 0 Å². The summed E-state index contributed by atoms with van der Waals surface area (Å²) in [5, 5.41) is 12.5. The molecule has 0 aliphatic carbocycles. The molecule has 2 bridgehead atoms. The fourth-order valence-electron chi connectivity index (χ4n) is 7.64. The number of carbonyl (C=O) groups excluding carboxylic acids is 4. The highest BCUT2D eigenvalue weighted by molar-refractivity contribution is 6.04. The number of hydrogen-bond donors (Lipinski definition) is 2. The first-order valence-corrected chi connectivity index (χ1v) is 17.0. The number of rotatable bonds is 17. The zero-order valence-electron chi connectivity index (χ0n) is 28.3. The molecule has 7 atom stereocenters. The van der Waals surface area contributed by atoms with E-state index in [1.807, 2.05) is 30.3 Å². The summed E-state index contributed by atoms with van der Waals surface area (Å²) in [6.07, 6.45) is 4.43. The molecule has 0 unspecified atom stereocenters. The van der Waals surface area contributed by atoms with E-state index in [2.05, 4.69) is 18.5 Å². The number of anilines is 1. The van der Waals surface area contributed by atoms with Crippen LogP contribution in [0.4, 0.5) is 5.69 Å². The first kappa shape index (κ1) is 35.8. The second kappa shape index (κ2) is 15.8. The predicted molar refractivity (Wildman–Crippen MR) is 183 cm³/mol. The summed E-state index contributed by atoms with van der Waals surface area (Å²) < 4.78 is 18.2. The number of methoxy groups -OCH3 is 1. The molecule has 3 amide bonds. The molecule has 0 saturated carbocycles. The Balaban J connectivity index is 1.46. The second-order valence-corrected chi connectivity index (χ2v) is 12.9. The van der Waals surface area contributed by atoms with Crippen LogP contribution in [-0.4, -0.2) is 84.3 Å². The fourth-order valence-corrected chi connectivity index (χ4v) is 7.64. The summed E-state index contributed by atoms with van der Waals surface area (Å²) >= 11 is 0. The molecule has 2 N–H and O–H groups in total. The van der Waals surface area contributed by atoms with Gasteiger partial charge >= 0.3 is 5.97 Å². The average molecular weight is 674 g/mol. The third-order valence-electron chi connectivity index (χ3n) is 9.86. The van der Waals surface area contributed by atoms with Crippen molar-refractivity contribution in [3.05, 3.63) is 85.5 Å². The minimum absolute atomic E-state index is 0.0552. The van der Waals surface area contributed by atoms with E-state index in [0.29, 0.717) is 49.1 Å². The molecule has 3 fully saturated rings. The van der Waals surface area contributed by atoms with E-state index in [1.54, 1.807) is 60.3 Å². The Bertz CT molecular complexity index is 1510. The van der Waals surface area contributed by atoms with Crippen molar-refractivity contribution in [3.63, 3.8) is 0 Å². The SMILES string of the molecule is C=CCCC(=O)N[C@@H](C)[C@H](OC(=O)[C@@H]1[C@@H]2CC[C@]3(O2)[C@H](C(=O)N(CC=C)c2ccc(OC)cc2)N(CCCCO)C(=O)[C@@H]13)c1ccccc1. The van der Waals surface area contributed by atoms with Gasteiger partial charge in [0.05, 0.1) is 31.1 Å². The van der Waals surface area contributed by atoms with E-state index >= 15 is 0 Å². The number of nitrogens with one attached hydrogen (secondary N) is 1. The number of likely N-dealkylation sites (tertiary alicyclic amines) is 1. The monoisotopic (exact) mass is 673 g/mol. The van der Waals surface area contributed by atoms with Crippen LogP contribution in [0.5, 0.6) is 5.75 Å². The summed E-state index contributed by atoms with van der Waals surface area (Å²) in [7, 11) is 1.56. The number of amides is 3. The van der Waals surface area contributed by atoms with Crippen LogP contribution < -0.4 is 15.0 Å². The minimum Gasteiger partial charge on any atom is -0.497 e. The molecule has 262 valence electrons. The second-order valence-electron chi connectivity index (χ2n) is 12.9. The molecule has 0 aromatic heterocycles. The molecule has 3 aliphatic heterocycles. The van der Waals surface area contributed by atoms with Gasteiger partial charge < -0.3 is 34.4 Å². The number of nitrogens with zero attached hydrogens (tertiary/aromatic N) is 2. The highest BCUT2D eigenvalue weighted by atomic mass is 16.6. The number of esters is 1. The molecule has 3 saturated heterocycles. The topological polar surface area (TPSA) is 135 Å². The minimum atomic E-state index is -1.24. The molecular formula is C38H47N3O8. The van der Waals surface area contributed by atoms with E-state index < -0.39 is 47.7 Å². The van der Waals surface area contributed by atoms with Crippen molar-refractivity contribution in [2.75, 3.05) is 31.7 Å². The van der Waals surface area contributed by atoms with Gasteiger partial charge in [-0.2, -0.15) is 0 Å². The van der Waals surface area contributed by atoms with Crippen LogP contribution in [0.25, 0.3) is 0 Å². The average Bonchev–Trinajstić information content (AvgIpc) is 3.76. The maximum Gasteiger partial charge on any atom is 0.313 e. The Hall–Kier alpha value is -4.48. The number of benzene rings is 2. The van der Waals surface area contributed by atoms with Crippen molar-refractivity contribution in [3.8, 4) is 5.75 Å². The number of allylic oxidation sites excluding steroid dienone is 1. The van der Waals surface area contributed by atoms with Gasteiger partial charge in [0.25, 0.3) is 5.91 Å². The Morgan fingerprint density at radius 2 is 1.86 bits per heavy atom. The lowest BCUT2D eigenvalue weighted by Crippen LogP contribution is -2.56. The van der Waals surface area contributed by atoms with Gasteiger partial charge in [-0.25, -0.2) is 0 Å². The first-order chi connectivity index (χ1) is 23.7. The molecule has 3 heterocycles. The van der Waals surface area contributed by atoms with Gasteiger partial charge in [0, 0.05) is 31.8 Å². The molecule has 1 spiro atoms. The number of carbonyl (C=O) groups is 4. The predicted octanol–water partition coefficient (Wildman–Crippen LogP) is 4.12. The van der Waals surface area contributed by atoms with E-state index in [1.165, 1.54) is 0 Å². The number of aliphatic hydroxyl groups excluding tert-OH is 1. The smallest absolute Gasteiger partial charge is 0.313 e. The van der Waals surface area contributed by atoms with Crippen molar-refractivity contribution in [2.24, 2.45) is 11.8 Å². The molecular weight excluding hydrogens is 626 g/mol. The van der Waals surface area contributed by atoms with Crippen molar-refractivity contribution < 1.29 is 38.5 Å². The lowest BCUT2D eigenvalue weighted by molar-refractivity contribution is -0.162. The molecule has 2 aromatic rings. The quantitative estimate of drug-likeness (QED) is 0.146. The summed E-state index contributed by atoms with van der Waals surface area (Å²) in [6.45, 7) is 9.66. The van der Waals surface area contributed by atoms with Crippen LogP contribution >= 0.6 is 0 Å². The van der Waals surface area contributed by atoms with Crippen molar-refractivity contribution in [1.29, 1.82) is 0 Å². The van der Waals surface area contributed by atoms with Gasteiger partial charge in [-0.1, -0.05) is 42.5 Å². The number of fused-ring (bicyclic) bond motifs is 1. The van der Waals surface area contributed by atoms with E-state index in [9.17, 15) is 24.3 Å². The molecule has 11 nitrogen and oxygen atoms in total. The fraction of sp³-hybridized carbons (Fsp3) is 0.474. The van der Waals surface area contributed by atoms with Gasteiger partial charge in [0.2, 0.25) is 11.8 Å². The van der Waals surface area contributed by atoms with Gasteiger partial charge in [-0.3, -0.25) is 19.2 Å². The zero-order chi connectivity index (χ0) is 35.1. The van der Waals surface area contributed by atoms with Crippen LogP contribution in [0.2, 0.25) is 0 Å². The lowest BCUT2D eigenvalue weighted by atomic mass is 9.70. The van der Waals surface area contributed by atoms with Crippen LogP contribution in [-0.2, 0) is 28.7 Å². The van der Waals surface area contributed by atoms with E-state index in [4.69, 9.17) is 14.2 Å². The largest absolute Gasteiger partial charge is 0.497 e. The molecule has 3 aliphatic rings. The van der Waals surface area contributed by atoms with Crippen molar-refractivity contribution in [2.45, 2.75) is 75.3 Å². The number of hydrogen-bond acceptors (Lipinski definition) is 8. The summed E-state index contributed by atoms with van der Waals surface area (Å²) in [4.78, 5) is 59.1. The van der Waals surface area contributed by atoms with Gasteiger partial charge in [-0.15, -0.1) is 13.2 Å². The third-order valence-corrected chi connectivity index (χ3v) is 9.86. The van der Waals surface area contributed by atoms with Crippen LogP contribution in [0.1, 0.15) is 57.1 Å². The summed E-state index contributed by atoms with van der Waals surface area (Å²) in [5.74, 6) is -2.71. The van der Waals surface area contributed by atoms with E-state index in [-0.39, 0.29) is 43.8 Å². The molecule has 2 aromatic carbocycles. The number of aliphatic hydroxyl groups is 1. The van der Waals surface area contributed by atoms with E-state index in [0.717, 1.165) is 0 Å². The van der Waals surface area contributed by atoms with Gasteiger partial charge in [-0.05, 0) is 68.9 Å². The van der Waals surface area contributed by atoms with Gasteiger partial charge in [0.1, 0.15) is 23.5 Å². The number of ether oxygens (including phenoxy) is 3. The van der Waals surface area contributed by atoms with Crippen LogP contribution in [0.15, 0.2) is 79.9 Å². The third kappa shape index (κ3) is 7.14. The first-order valence-electron chi connectivity index (χ1n) is 17.0. The highest BCUT2D eigenvalue weighted by Crippen LogP contribution is 2.59. The highest BCUT2D eigenvalue weighted by Gasteiger charge is 2.75. The molecule has 11 heteroatoms. The molecule has 49 heavy (non-hydrogen) atoms. The normalized spacial score (nSPS) is 24.9.